The molecule has 0 unspecified atom stereocenters. The van der Waals surface area contributed by atoms with Gasteiger partial charge in [-0.1, -0.05) is 5.92 Å². The number of aromatic nitrogens is 2. The maximum Gasteiger partial charge on any atom is 0.292 e. The Bertz CT molecular complexity index is 477. The molecule has 1 aromatic heterocycles. The van der Waals surface area contributed by atoms with E-state index in [9.17, 15) is 0 Å². The average Bonchev–Trinajstić information content (AvgIpc) is 3.07. The molecule has 0 saturated heterocycles. The Kier molecular flexibility index (Phi) is 3.37. The molecule has 0 spiro atoms. The van der Waals surface area contributed by atoms with E-state index in [1.54, 1.807) is 6.92 Å². The topological polar surface area (TPSA) is 44.2 Å². The molecule has 0 radical (unpaired) electrons. The van der Waals surface area contributed by atoms with Gasteiger partial charge in [-0.3, -0.25) is 0 Å². The van der Waals surface area contributed by atoms with Crippen LogP contribution in [0.25, 0.3) is 0 Å². The minimum atomic E-state index is 0.312. The molecule has 2 aliphatic carbocycles. The molecule has 3 rings (SSSR count). The van der Waals surface area contributed by atoms with Crippen LogP contribution in [0.2, 0.25) is 0 Å². The summed E-state index contributed by atoms with van der Waals surface area (Å²) in [6.07, 6.45) is 5.46. The van der Waals surface area contributed by atoms with Gasteiger partial charge in [0.05, 0.1) is 11.7 Å². The summed E-state index contributed by atoms with van der Waals surface area (Å²) >= 11 is 1.13. The highest BCUT2D eigenvalue weighted by Gasteiger charge is 2.41. The lowest BCUT2D eigenvalue weighted by Crippen LogP contribution is -2.23. The summed E-state index contributed by atoms with van der Waals surface area (Å²) < 4.78 is 19.7. The summed E-state index contributed by atoms with van der Waals surface area (Å²) in [6, 6.07) is 0. The Morgan fingerprint density at radius 1 is 1.28 bits per heavy atom. The zero-order valence-electron chi connectivity index (χ0n) is 10.4. The molecule has 3 atom stereocenters. The maximum absolute atomic E-state index is 5.97. The summed E-state index contributed by atoms with van der Waals surface area (Å²) in [5.41, 5.74) is 0. The Balaban J connectivity index is 1.62. The van der Waals surface area contributed by atoms with Crippen LogP contribution < -0.4 is 9.47 Å². The first kappa shape index (κ1) is 11.8. The van der Waals surface area contributed by atoms with Gasteiger partial charge in [0.2, 0.25) is 0 Å². The lowest BCUT2D eigenvalue weighted by Gasteiger charge is -2.21. The summed E-state index contributed by atoms with van der Waals surface area (Å²) in [7, 11) is 0. The molecule has 2 bridgehead atoms. The lowest BCUT2D eigenvalue weighted by atomic mass is 9.98. The average molecular weight is 264 g/mol. The van der Waals surface area contributed by atoms with Crippen LogP contribution in [0.5, 0.6) is 11.8 Å². The van der Waals surface area contributed by atoms with E-state index >= 15 is 0 Å². The second-order valence-electron chi connectivity index (χ2n) is 4.92. The van der Waals surface area contributed by atoms with Crippen molar-refractivity contribution in [3.63, 3.8) is 0 Å². The van der Waals surface area contributed by atoms with E-state index in [0.717, 1.165) is 24.1 Å². The fourth-order valence-corrected chi connectivity index (χ4v) is 3.42. The predicted octanol–water partition coefficient (Wildman–Crippen LogP) is 2.51. The molecule has 96 valence electrons. The van der Waals surface area contributed by atoms with Crippen LogP contribution in [0.3, 0.4) is 0 Å². The number of fused-ring (bicyclic) bond motifs is 2. The van der Waals surface area contributed by atoms with Gasteiger partial charge in [0.15, 0.2) is 6.61 Å². The zero-order chi connectivity index (χ0) is 12.4. The van der Waals surface area contributed by atoms with E-state index in [4.69, 9.17) is 9.47 Å². The minimum Gasteiger partial charge on any atom is -0.470 e. The second-order valence-corrected chi connectivity index (χ2v) is 5.45. The van der Waals surface area contributed by atoms with Crippen LogP contribution in [0.15, 0.2) is 0 Å². The fourth-order valence-electron chi connectivity index (χ4n) is 2.98. The standard InChI is InChI=1S/C13H16N2O2S/c1-2-3-6-16-12-13(15-18-14-12)17-11-8-9-4-5-10(11)7-9/h9-11H,4-8H2,1H3/t9-,10+,11+/m0/s1. The normalized spacial score (nSPS) is 28.8. The molecule has 2 fully saturated rings. The summed E-state index contributed by atoms with van der Waals surface area (Å²) in [6.45, 7) is 2.13. The van der Waals surface area contributed by atoms with E-state index < -0.39 is 0 Å². The van der Waals surface area contributed by atoms with Crippen LogP contribution in [-0.2, 0) is 0 Å². The van der Waals surface area contributed by atoms with Crippen LogP contribution >= 0.6 is 11.7 Å². The van der Waals surface area contributed by atoms with E-state index in [1.165, 1.54) is 19.3 Å². The van der Waals surface area contributed by atoms with Crippen LogP contribution in [-0.4, -0.2) is 21.5 Å². The van der Waals surface area contributed by atoms with Crippen molar-refractivity contribution in [2.75, 3.05) is 6.61 Å². The molecule has 0 N–H and O–H groups in total. The Morgan fingerprint density at radius 2 is 2.17 bits per heavy atom. The van der Waals surface area contributed by atoms with Gasteiger partial charge < -0.3 is 9.47 Å². The second kappa shape index (κ2) is 5.15. The quantitative estimate of drug-likeness (QED) is 0.784. The molecule has 2 saturated carbocycles. The van der Waals surface area contributed by atoms with Gasteiger partial charge in [0.25, 0.3) is 11.8 Å². The summed E-state index contributed by atoms with van der Waals surface area (Å²) in [4.78, 5) is 0. The largest absolute Gasteiger partial charge is 0.470 e. The molecule has 0 aliphatic heterocycles. The first-order valence-corrected chi connectivity index (χ1v) is 7.11. The van der Waals surface area contributed by atoms with E-state index in [1.807, 2.05) is 0 Å². The number of hydrogen-bond donors (Lipinski definition) is 0. The molecule has 18 heavy (non-hydrogen) atoms. The van der Waals surface area contributed by atoms with Crippen molar-refractivity contribution in [2.24, 2.45) is 11.8 Å². The van der Waals surface area contributed by atoms with Crippen molar-refractivity contribution >= 4 is 11.7 Å². The molecule has 0 aromatic carbocycles. The molecule has 1 heterocycles. The Labute approximate surface area is 111 Å². The van der Waals surface area contributed by atoms with E-state index in [0.29, 0.717) is 30.4 Å². The lowest BCUT2D eigenvalue weighted by molar-refractivity contribution is 0.127. The first-order chi connectivity index (χ1) is 8.86. The molecule has 5 heteroatoms. The molecule has 1 aromatic rings. The van der Waals surface area contributed by atoms with Gasteiger partial charge in [0, 0.05) is 0 Å². The predicted molar refractivity (Wildman–Crippen MR) is 68.7 cm³/mol. The van der Waals surface area contributed by atoms with Crippen molar-refractivity contribution in [3.8, 4) is 23.6 Å². The van der Waals surface area contributed by atoms with Gasteiger partial charge in [-0.2, -0.15) is 0 Å². The van der Waals surface area contributed by atoms with Gasteiger partial charge in [0.1, 0.15) is 6.10 Å². The van der Waals surface area contributed by atoms with Crippen molar-refractivity contribution in [1.82, 2.24) is 8.75 Å². The Morgan fingerprint density at radius 3 is 2.89 bits per heavy atom. The fraction of sp³-hybridized carbons (Fsp3) is 0.692. The third-order valence-electron chi connectivity index (χ3n) is 3.82. The smallest absolute Gasteiger partial charge is 0.292 e. The number of rotatable bonds is 4. The SMILES string of the molecule is CC#CCOc1nsnc1O[C@@H]1C[C@H]2CC[C@@H]1C2. The third-order valence-corrected chi connectivity index (χ3v) is 4.32. The van der Waals surface area contributed by atoms with Crippen LogP contribution in [0.1, 0.15) is 32.6 Å². The summed E-state index contributed by atoms with van der Waals surface area (Å²) in [5.74, 6) is 8.24. The molecule has 4 nitrogen and oxygen atoms in total. The first-order valence-electron chi connectivity index (χ1n) is 6.38. The van der Waals surface area contributed by atoms with Crippen molar-refractivity contribution in [3.05, 3.63) is 0 Å². The van der Waals surface area contributed by atoms with Crippen molar-refractivity contribution < 1.29 is 9.47 Å². The highest BCUT2D eigenvalue weighted by molar-refractivity contribution is 6.99. The minimum absolute atomic E-state index is 0.312. The van der Waals surface area contributed by atoms with Gasteiger partial charge in [-0.05, 0) is 44.4 Å². The number of nitrogens with zero attached hydrogens (tertiary/aromatic N) is 2. The molecular weight excluding hydrogens is 248 g/mol. The number of hydrogen-bond acceptors (Lipinski definition) is 5. The van der Waals surface area contributed by atoms with Crippen LogP contribution in [0, 0.1) is 23.7 Å². The van der Waals surface area contributed by atoms with E-state index in [2.05, 4.69) is 20.6 Å². The highest BCUT2D eigenvalue weighted by Crippen LogP contribution is 2.46. The zero-order valence-corrected chi connectivity index (χ0v) is 11.2. The third kappa shape index (κ3) is 2.30. The van der Waals surface area contributed by atoms with Gasteiger partial charge in [-0.25, -0.2) is 0 Å². The van der Waals surface area contributed by atoms with Crippen molar-refractivity contribution in [1.29, 1.82) is 0 Å². The molecule has 0 amide bonds. The van der Waals surface area contributed by atoms with Crippen LogP contribution in [0.4, 0.5) is 0 Å². The Hall–Kier alpha value is -1.28. The van der Waals surface area contributed by atoms with Gasteiger partial charge in [-0.15, -0.1) is 14.7 Å². The van der Waals surface area contributed by atoms with E-state index in [-0.39, 0.29) is 0 Å². The van der Waals surface area contributed by atoms with Gasteiger partial charge >= 0.3 is 0 Å². The molecule has 2 aliphatic rings. The maximum atomic E-state index is 5.97. The molecular formula is C13H16N2O2S. The highest BCUT2D eigenvalue weighted by atomic mass is 32.1. The monoisotopic (exact) mass is 264 g/mol. The van der Waals surface area contributed by atoms with Crippen molar-refractivity contribution in [2.45, 2.75) is 38.7 Å². The summed E-state index contributed by atoms with van der Waals surface area (Å²) in [5, 5.41) is 0. The number of ether oxygens (including phenoxy) is 2.